The second-order valence-corrected chi connectivity index (χ2v) is 6.12. The van der Waals surface area contributed by atoms with Gasteiger partial charge in [0.25, 0.3) is 0 Å². The molecule has 1 saturated carbocycles. The third-order valence-corrected chi connectivity index (χ3v) is 4.21. The van der Waals surface area contributed by atoms with Gasteiger partial charge in [-0.25, -0.2) is 4.39 Å². The van der Waals surface area contributed by atoms with Gasteiger partial charge < -0.3 is 11.1 Å². The number of nitrogens with one attached hydrogen (secondary N) is 1. The van der Waals surface area contributed by atoms with E-state index in [-0.39, 0.29) is 11.6 Å². The van der Waals surface area contributed by atoms with Crippen molar-refractivity contribution < 1.29 is 9.18 Å². The number of benzene rings is 1. The fourth-order valence-electron chi connectivity index (χ4n) is 3.00. The minimum atomic E-state index is -0.404. The summed E-state index contributed by atoms with van der Waals surface area (Å²) in [5.41, 5.74) is 6.41. The molecule has 2 atom stereocenters. The van der Waals surface area contributed by atoms with Crippen LogP contribution in [-0.4, -0.2) is 30.4 Å². The van der Waals surface area contributed by atoms with Gasteiger partial charge in [-0.15, -0.1) is 0 Å². The summed E-state index contributed by atoms with van der Waals surface area (Å²) in [6.07, 6.45) is 4.79. The first-order valence-corrected chi connectivity index (χ1v) is 7.51. The van der Waals surface area contributed by atoms with E-state index in [0.717, 1.165) is 18.8 Å². The summed E-state index contributed by atoms with van der Waals surface area (Å²) in [7, 11) is 1.98. The van der Waals surface area contributed by atoms with Gasteiger partial charge in [0.15, 0.2) is 0 Å². The molecule has 3 N–H and O–H groups in total. The first-order chi connectivity index (χ1) is 9.95. The van der Waals surface area contributed by atoms with Gasteiger partial charge in [-0.3, -0.25) is 9.69 Å². The number of rotatable bonds is 4. The summed E-state index contributed by atoms with van der Waals surface area (Å²) >= 11 is 0. The molecule has 2 unspecified atom stereocenters. The highest BCUT2D eigenvalue weighted by atomic mass is 19.1. The van der Waals surface area contributed by atoms with Crippen LogP contribution in [0, 0.1) is 11.7 Å². The normalized spacial score (nSPS) is 22.3. The van der Waals surface area contributed by atoms with Crippen molar-refractivity contribution in [2.75, 3.05) is 24.6 Å². The Morgan fingerprint density at radius 2 is 2.24 bits per heavy atom. The quantitative estimate of drug-likeness (QED) is 0.839. The molecule has 2 rings (SSSR count). The van der Waals surface area contributed by atoms with Crippen LogP contribution in [0.5, 0.6) is 0 Å². The van der Waals surface area contributed by atoms with Crippen molar-refractivity contribution in [1.82, 2.24) is 4.90 Å². The predicted molar refractivity (Wildman–Crippen MR) is 83.5 cm³/mol. The van der Waals surface area contributed by atoms with E-state index in [1.54, 1.807) is 0 Å². The molecular weight excluding hydrogens is 269 g/mol. The van der Waals surface area contributed by atoms with E-state index >= 15 is 0 Å². The number of nitrogens with zero attached hydrogens (tertiary/aromatic N) is 1. The summed E-state index contributed by atoms with van der Waals surface area (Å²) in [5, 5.41) is 2.75. The predicted octanol–water partition coefficient (Wildman–Crippen LogP) is 2.86. The van der Waals surface area contributed by atoms with E-state index < -0.39 is 5.82 Å². The van der Waals surface area contributed by atoms with Crippen LogP contribution < -0.4 is 11.1 Å². The Hall–Kier alpha value is -1.62. The SMILES string of the molecule is CC1CCCC(N(C)CC(=O)Nc2ccc(F)cc2N)C1. The average molecular weight is 293 g/mol. The molecule has 1 aliphatic rings. The standard InChI is InChI=1S/C16H24FN3O/c1-11-4-3-5-13(8-11)20(2)10-16(21)19-15-7-6-12(17)9-14(15)18/h6-7,9,11,13H,3-5,8,10,18H2,1-2H3,(H,19,21). The molecule has 21 heavy (non-hydrogen) atoms. The Morgan fingerprint density at radius 1 is 1.48 bits per heavy atom. The number of nitrogen functional groups attached to an aromatic ring is 1. The number of amides is 1. The highest BCUT2D eigenvalue weighted by molar-refractivity contribution is 5.95. The zero-order valence-corrected chi connectivity index (χ0v) is 12.7. The van der Waals surface area contributed by atoms with E-state index in [9.17, 15) is 9.18 Å². The molecule has 1 aromatic carbocycles. The Balaban J connectivity index is 1.89. The van der Waals surface area contributed by atoms with Gasteiger partial charge in [0, 0.05) is 6.04 Å². The third-order valence-electron chi connectivity index (χ3n) is 4.21. The number of likely N-dealkylation sites (N-methyl/N-ethyl adjacent to an activating group) is 1. The molecular formula is C16H24FN3O. The number of hydrogen-bond donors (Lipinski definition) is 2. The first-order valence-electron chi connectivity index (χ1n) is 7.51. The molecule has 0 saturated heterocycles. The largest absolute Gasteiger partial charge is 0.397 e. The lowest BCUT2D eigenvalue weighted by atomic mass is 9.86. The number of carbonyl (C=O) groups excluding carboxylic acids is 1. The van der Waals surface area contributed by atoms with Crippen LogP contribution in [0.1, 0.15) is 32.6 Å². The van der Waals surface area contributed by atoms with Gasteiger partial charge in [0.05, 0.1) is 17.9 Å². The van der Waals surface area contributed by atoms with Gasteiger partial charge >= 0.3 is 0 Å². The van der Waals surface area contributed by atoms with Gasteiger partial charge in [-0.1, -0.05) is 19.8 Å². The zero-order chi connectivity index (χ0) is 15.4. The third kappa shape index (κ3) is 4.43. The minimum absolute atomic E-state index is 0.117. The summed E-state index contributed by atoms with van der Waals surface area (Å²) in [6.45, 7) is 2.59. The van der Waals surface area contributed by atoms with Crippen LogP contribution in [0.3, 0.4) is 0 Å². The van der Waals surface area contributed by atoms with Crippen LogP contribution in [-0.2, 0) is 4.79 Å². The van der Waals surface area contributed by atoms with Crippen LogP contribution in [0.25, 0.3) is 0 Å². The van der Waals surface area contributed by atoms with Crippen LogP contribution in [0.15, 0.2) is 18.2 Å². The molecule has 4 nitrogen and oxygen atoms in total. The maximum atomic E-state index is 13.0. The Bertz CT molecular complexity index is 506. The highest BCUT2D eigenvalue weighted by Gasteiger charge is 2.23. The maximum Gasteiger partial charge on any atom is 0.238 e. The van der Waals surface area contributed by atoms with Crippen LogP contribution >= 0.6 is 0 Å². The van der Waals surface area contributed by atoms with E-state index in [1.165, 1.54) is 31.0 Å². The second kappa shape index (κ2) is 6.89. The van der Waals surface area contributed by atoms with Gasteiger partial charge in [0.2, 0.25) is 5.91 Å². The number of nitrogens with two attached hydrogens (primary N) is 1. The average Bonchev–Trinajstić information content (AvgIpc) is 2.42. The Morgan fingerprint density at radius 3 is 2.90 bits per heavy atom. The van der Waals surface area contributed by atoms with Crippen molar-refractivity contribution in [2.45, 2.75) is 38.6 Å². The molecule has 116 valence electrons. The smallest absolute Gasteiger partial charge is 0.238 e. The molecule has 0 radical (unpaired) electrons. The van der Waals surface area contributed by atoms with Gasteiger partial charge in [-0.2, -0.15) is 0 Å². The number of hydrogen-bond acceptors (Lipinski definition) is 3. The minimum Gasteiger partial charge on any atom is -0.397 e. The second-order valence-electron chi connectivity index (χ2n) is 6.12. The number of anilines is 2. The number of halogens is 1. The molecule has 5 heteroatoms. The van der Waals surface area contributed by atoms with E-state index in [4.69, 9.17) is 5.73 Å². The summed E-state index contributed by atoms with van der Waals surface area (Å²) in [5.74, 6) is 0.204. The van der Waals surface area contributed by atoms with Crippen molar-refractivity contribution in [1.29, 1.82) is 0 Å². The Labute approximate surface area is 125 Å². The molecule has 0 spiro atoms. The molecule has 1 aliphatic carbocycles. The Kier molecular flexibility index (Phi) is 5.17. The summed E-state index contributed by atoms with van der Waals surface area (Å²) < 4.78 is 13.0. The monoisotopic (exact) mass is 293 g/mol. The lowest BCUT2D eigenvalue weighted by Crippen LogP contribution is -2.40. The van der Waals surface area contributed by atoms with Crippen molar-refractivity contribution in [2.24, 2.45) is 5.92 Å². The topological polar surface area (TPSA) is 58.4 Å². The fourth-order valence-corrected chi connectivity index (χ4v) is 3.00. The van der Waals surface area contributed by atoms with Gasteiger partial charge in [0.1, 0.15) is 5.82 Å². The van der Waals surface area contributed by atoms with Crippen molar-refractivity contribution in [3.8, 4) is 0 Å². The van der Waals surface area contributed by atoms with E-state index in [2.05, 4.69) is 17.1 Å². The van der Waals surface area contributed by atoms with Crippen molar-refractivity contribution in [3.63, 3.8) is 0 Å². The maximum absolute atomic E-state index is 13.0. The summed E-state index contributed by atoms with van der Waals surface area (Å²) in [6, 6.07) is 4.45. The number of carbonyl (C=O) groups is 1. The van der Waals surface area contributed by atoms with Crippen molar-refractivity contribution in [3.05, 3.63) is 24.0 Å². The van der Waals surface area contributed by atoms with Gasteiger partial charge in [-0.05, 0) is 44.0 Å². The van der Waals surface area contributed by atoms with Crippen molar-refractivity contribution >= 4 is 17.3 Å². The molecule has 1 amide bonds. The van der Waals surface area contributed by atoms with Crippen LogP contribution in [0.4, 0.5) is 15.8 Å². The molecule has 1 fully saturated rings. The fraction of sp³-hybridized carbons (Fsp3) is 0.562. The molecule has 0 aromatic heterocycles. The highest BCUT2D eigenvalue weighted by Crippen LogP contribution is 2.26. The molecule has 0 aliphatic heterocycles. The summed E-state index contributed by atoms with van der Waals surface area (Å²) in [4.78, 5) is 14.2. The first kappa shape index (κ1) is 15.8. The zero-order valence-electron chi connectivity index (χ0n) is 12.7. The van der Waals surface area contributed by atoms with E-state index in [0.29, 0.717) is 18.3 Å². The molecule has 0 bridgehead atoms. The lowest BCUT2D eigenvalue weighted by molar-refractivity contribution is -0.117. The molecule has 1 aromatic rings. The lowest BCUT2D eigenvalue weighted by Gasteiger charge is -2.33. The molecule has 0 heterocycles. The van der Waals surface area contributed by atoms with E-state index in [1.807, 2.05) is 7.05 Å². The van der Waals surface area contributed by atoms with Crippen LogP contribution in [0.2, 0.25) is 0 Å².